The SMILES string of the molecule is CN(CCO)Cc1cccc(-c2nc(-c3ccc(Cl)cc3)cc(=O)[nH]2)c1. The first-order valence-corrected chi connectivity index (χ1v) is 8.69. The molecule has 2 aromatic carbocycles. The molecule has 0 unspecified atom stereocenters. The molecule has 0 aliphatic heterocycles. The number of aliphatic hydroxyl groups is 1. The molecular weight excluding hydrogens is 350 g/mol. The van der Waals surface area contributed by atoms with E-state index in [1.807, 2.05) is 48.3 Å². The van der Waals surface area contributed by atoms with E-state index in [0.717, 1.165) is 16.7 Å². The number of aliphatic hydroxyl groups excluding tert-OH is 1. The largest absolute Gasteiger partial charge is 0.395 e. The van der Waals surface area contributed by atoms with Crippen LogP contribution in [0.5, 0.6) is 0 Å². The first-order valence-electron chi connectivity index (χ1n) is 8.31. The Hall–Kier alpha value is -2.47. The molecule has 6 heteroatoms. The Kier molecular flexibility index (Phi) is 5.83. The van der Waals surface area contributed by atoms with Crippen LogP contribution in [0.3, 0.4) is 0 Å². The molecule has 3 aromatic rings. The molecule has 0 atom stereocenters. The second-order valence-electron chi connectivity index (χ2n) is 6.15. The molecule has 1 heterocycles. The van der Waals surface area contributed by atoms with Crippen molar-refractivity contribution in [3.05, 3.63) is 75.5 Å². The van der Waals surface area contributed by atoms with Crippen molar-refractivity contribution < 1.29 is 5.11 Å². The molecule has 26 heavy (non-hydrogen) atoms. The Bertz CT molecular complexity index is 938. The fraction of sp³-hybridized carbons (Fsp3) is 0.200. The molecule has 0 aliphatic rings. The first-order chi connectivity index (χ1) is 12.5. The summed E-state index contributed by atoms with van der Waals surface area (Å²) >= 11 is 5.93. The van der Waals surface area contributed by atoms with E-state index in [2.05, 4.69) is 9.97 Å². The second-order valence-corrected chi connectivity index (χ2v) is 6.58. The van der Waals surface area contributed by atoms with Gasteiger partial charge in [0, 0.05) is 35.3 Å². The zero-order chi connectivity index (χ0) is 18.5. The summed E-state index contributed by atoms with van der Waals surface area (Å²) in [6.45, 7) is 1.43. The number of rotatable bonds is 6. The Labute approximate surface area is 156 Å². The minimum atomic E-state index is -0.206. The third kappa shape index (κ3) is 4.58. The topological polar surface area (TPSA) is 69.2 Å². The van der Waals surface area contributed by atoms with Crippen LogP contribution in [0.1, 0.15) is 5.56 Å². The lowest BCUT2D eigenvalue weighted by molar-refractivity contribution is 0.217. The Morgan fingerprint density at radius 3 is 2.62 bits per heavy atom. The highest BCUT2D eigenvalue weighted by Gasteiger charge is 2.08. The van der Waals surface area contributed by atoms with Crippen molar-refractivity contribution in [3.63, 3.8) is 0 Å². The predicted octanol–water partition coefficient (Wildman–Crippen LogP) is 3.18. The van der Waals surface area contributed by atoms with E-state index in [4.69, 9.17) is 16.7 Å². The Balaban J connectivity index is 1.94. The number of hydrogen-bond donors (Lipinski definition) is 2. The lowest BCUT2D eigenvalue weighted by atomic mass is 10.1. The standard InChI is InChI=1S/C20H20ClN3O2/c1-24(9-10-25)13-14-3-2-4-16(11-14)20-22-18(12-19(26)23-20)15-5-7-17(21)8-6-15/h2-8,11-12,25H,9-10,13H2,1H3,(H,22,23,26). The number of halogens is 1. The van der Waals surface area contributed by atoms with Gasteiger partial charge in [-0.2, -0.15) is 0 Å². The fourth-order valence-corrected chi connectivity index (χ4v) is 2.87. The molecule has 5 nitrogen and oxygen atoms in total. The van der Waals surface area contributed by atoms with Crippen LogP contribution in [-0.4, -0.2) is 40.2 Å². The molecule has 0 bridgehead atoms. The fourth-order valence-electron chi connectivity index (χ4n) is 2.74. The summed E-state index contributed by atoms with van der Waals surface area (Å²) in [6, 6.07) is 16.6. The maximum absolute atomic E-state index is 12.1. The third-order valence-electron chi connectivity index (χ3n) is 4.02. The molecule has 0 spiro atoms. The van der Waals surface area contributed by atoms with Gasteiger partial charge < -0.3 is 10.1 Å². The van der Waals surface area contributed by atoms with Gasteiger partial charge in [-0.25, -0.2) is 4.98 Å². The van der Waals surface area contributed by atoms with Crippen LogP contribution in [0.2, 0.25) is 5.02 Å². The highest BCUT2D eigenvalue weighted by atomic mass is 35.5. The van der Waals surface area contributed by atoms with Crippen LogP contribution in [0, 0.1) is 0 Å². The normalized spacial score (nSPS) is 11.1. The van der Waals surface area contributed by atoms with Crippen LogP contribution in [0.15, 0.2) is 59.4 Å². The smallest absolute Gasteiger partial charge is 0.251 e. The summed E-state index contributed by atoms with van der Waals surface area (Å²) in [7, 11) is 1.95. The third-order valence-corrected chi connectivity index (χ3v) is 4.27. The molecule has 0 saturated carbocycles. The molecule has 0 radical (unpaired) electrons. The molecule has 134 valence electrons. The highest BCUT2D eigenvalue weighted by Crippen LogP contribution is 2.22. The molecule has 0 fully saturated rings. The summed E-state index contributed by atoms with van der Waals surface area (Å²) < 4.78 is 0. The van der Waals surface area contributed by atoms with Gasteiger partial charge in [-0.1, -0.05) is 41.9 Å². The summed E-state index contributed by atoms with van der Waals surface area (Å²) in [4.78, 5) is 21.6. The van der Waals surface area contributed by atoms with Crippen LogP contribution in [-0.2, 0) is 6.54 Å². The highest BCUT2D eigenvalue weighted by molar-refractivity contribution is 6.30. The predicted molar refractivity (Wildman–Crippen MR) is 104 cm³/mol. The van der Waals surface area contributed by atoms with E-state index in [1.165, 1.54) is 6.07 Å². The average molecular weight is 370 g/mol. The van der Waals surface area contributed by atoms with E-state index in [9.17, 15) is 4.79 Å². The summed E-state index contributed by atoms with van der Waals surface area (Å²) in [6.07, 6.45) is 0. The number of H-pyrrole nitrogens is 1. The van der Waals surface area contributed by atoms with Crippen molar-refractivity contribution in [2.45, 2.75) is 6.54 Å². The van der Waals surface area contributed by atoms with Crippen molar-refractivity contribution in [2.75, 3.05) is 20.2 Å². The monoisotopic (exact) mass is 369 g/mol. The number of likely N-dealkylation sites (N-methyl/N-ethyl adjacent to an activating group) is 1. The quantitative estimate of drug-likeness (QED) is 0.700. The number of hydrogen-bond acceptors (Lipinski definition) is 4. The molecular formula is C20H20ClN3O2. The van der Waals surface area contributed by atoms with E-state index < -0.39 is 0 Å². The van der Waals surface area contributed by atoms with Crippen LogP contribution >= 0.6 is 11.6 Å². The molecule has 3 rings (SSSR count). The lowest BCUT2D eigenvalue weighted by Gasteiger charge is -2.15. The number of aromatic amines is 1. The van der Waals surface area contributed by atoms with Crippen molar-refractivity contribution in [1.29, 1.82) is 0 Å². The van der Waals surface area contributed by atoms with Crippen molar-refractivity contribution >= 4 is 11.6 Å². The van der Waals surface area contributed by atoms with Crippen molar-refractivity contribution in [3.8, 4) is 22.6 Å². The molecule has 0 saturated heterocycles. The van der Waals surface area contributed by atoms with Gasteiger partial charge >= 0.3 is 0 Å². The zero-order valence-corrected chi connectivity index (χ0v) is 15.2. The molecule has 0 amide bonds. The van der Waals surface area contributed by atoms with Gasteiger partial charge in [0.15, 0.2) is 0 Å². The summed E-state index contributed by atoms with van der Waals surface area (Å²) in [5, 5.41) is 9.67. The van der Waals surface area contributed by atoms with Gasteiger partial charge in [-0.05, 0) is 30.8 Å². The number of aromatic nitrogens is 2. The average Bonchev–Trinajstić information content (AvgIpc) is 2.62. The van der Waals surface area contributed by atoms with E-state index in [1.54, 1.807) is 12.1 Å². The van der Waals surface area contributed by atoms with Gasteiger partial charge in [0.05, 0.1) is 12.3 Å². The molecule has 1 aromatic heterocycles. The van der Waals surface area contributed by atoms with Crippen LogP contribution in [0.4, 0.5) is 0 Å². The van der Waals surface area contributed by atoms with Crippen LogP contribution in [0.25, 0.3) is 22.6 Å². The number of benzene rings is 2. The maximum Gasteiger partial charge on any atom is 0.251 e. The molecule has 2 N–H and O–H groups in total. The van der Waals surface area contributed by atoms with E-state index >= 15 is 0 Å². The second kappa shape index (κ2) is 8.27. The maximum atomic E-state index is 12.1. The van der Waals surface area contributed by atoms with Gasteiger partial charge in [0.25, 0.3) is 5.56 Å². The van der Waals surface area contributed by atoms with Gasteiger partial charge in [0.2, 0.25) is 0 Å². The van der Waals surface area contributed by atoms with Gasteiger partial charge in [-0.15, -0.1) is 0 Å². The van der Waals surface area contributed by atoms with Crippen LogP contribution < -0.4 is 5.56 Å². The first kappa shape index (κ1) is 18.3. The van der Waals surface area contributed by atoms with E-state index in [0.29, 0.717) is 29.6 Å². The van der Waals surface area contributed by atoms with Gasteiger partial charge in [0.1, 0.15) is 5.82 Å². The van der Waals surface area contributed by atoms with Gasteiger partial charge in [-0.3, -0.25) is 9.69 Å². The summed E-state index contributed by atoms with van der Waals surface area (Å²) in [5.41, 5.74) is 3.15. The zero-order valence-electron chi connectivity index (χ0n) is 14.4. The Morgan fingerprint density at radius 2 is 1.88 bits per heavy atom. The minimum absolute atomic E-state index is 0.119. The van der Waals surface area contributed by atoms with Crippen molar-refractivity contribution in [1.82, 2.24) is 14.9 Å². The Morgan fingerprint density at radius 1 is 1.12 bits per heavy atom. The molecule has 0 aliphatic carbocycles. The minimum Gasteiger partial charge on any atom is -0.395 e. The number of nitrogens with one attached hydrogen (secondary N) is 1. The lowest BCUT2D eigenvalue weighted by Crippen LogP contribution is -2.21. The van der Waals surface area contributed by atoms with E-state index in [-0.39, 0.29) is 12.2 Å². The summed E-state index contributed by atoms with van der Waals surface area (Å²) in [5.74, 6) is 0.522. The number of nitrogens with zero attached hydrogens (tertiary/aromatic N) is 2. The van der Waals surface area contributed by atoms with Crippen molar-refractivity contribution in [2.24, 2.45) is 0 Å².